The van der Waals surface area contributed by atoms with Crippen LogP contribution in [0.15, 0.2) is 71.7 Å². The molecule has 4 aromatic rings. The van der Waals surface area contributed by atoms with Gasteiger partial charge in [0.05, 0.1) is 29.1 Å². The Morgan fingerprint density at radius 2 is 2.03 bits per heavy atom. The van der Waals surface area contributed by atoms with Crippen LogP contribution in [0.1, 0.15) is 34.8 Å². The Balaban J connectivity index is 1.40. The van der Waals surface area contributed by atoms with Gasteiger partial charge in [0.25, 0.3) is 5.91 Å². The molecule has 0 saturated heterocycles. The second-order valence-electron chi connectivity index (χ2n) is 6.54. The van der Waals surface area contributed by atoms with Crippen molar-refractivity contribution in [2.45, 2.75) is 19.6 Å². The van der Waals surface area contributed by atoms with Crippen molar-refractivity contribution in [2.24, 2.45) is 0 Å². The maximum Gasteiger partial charge on any atom is 0.251 e. The van der Waals surface area contributed by atoms with Crippen molar-refractivity contribution in [1.29, 1.82) is 0 Å². The van der Waals surface area contributed by atoms with Gasteiger partial charge in [0.15, 0.2) is 0 Å². The number of rotatable bonds is 7. The zero-order valence-corrected chi connectivity index (χ0v) is 16.6. The van der Waals surface area contributed by atoms with Crippen LogP contribution in [0.5, 0.6) is 5.75 Å². The number of amides is 1. The first-order valence-electron chi connectivity index (χ1n) is 9.20. The normalized spacial score (nSPS) is 11.8. The molecule has 2 aromatic carbocycles. The molecule has 0 aliphatic heterocycles. The number of nitrogens with zero attached hydrogens (tertiary/aromatic N) is 2. The molecule has 1 amide bonds. The lowest BCUT2D eigenvalue weighted by Gasteiger charge is -2.12. The summed E-state index contributed by atoms with van der Waals surface area (Å²) in [5.74, 6) is 1.14. The molecule has 2 aromatic heterocycles. The molecule has 0 fully saturated rings. The van der Waals surface area contributed by atoms with E-state index in [9.17, 15) is 4.79 Å². The molecule has 1 unspecified atom stereocenters. The second-order valence-corrected chi connectivity index (χ2v) is 7.26. The zero-order chi connectivity index (χ0) is 20.1. The fourth-order valence-corrected chi connectivity index (χ4v) is 3.41. The Morgan fingerprint density at radius 1 is 1.17 bits per heavy atom. The fourth-order valence-electron chi connectivity index (χ4n) is 2.86. The highest BCUT2D eigenvalue weighted by Crippen LogP contribution is 2.20. The maximum atomic E-state index is 12.7. The average Bonchev–Trinajstić information content (AvgIpc) is 3.45. The topological polar surface area (TPSA) is 79.9 Å². The summed E-state index contributed by atoms with van der Waals surface area (Å²) in [5, 5.41) is 4.91. The first-order chi connectivity index (χ1) is 14.2. The molecule has 6 nitrogen and oxygen atoms in total. The van der Waals surface area contributed by atoms with Gasteiger partial charge in [-0.3, -0.25) is 4.79 Å². The Kier molecular flexibility index (Phi) is 5.67. The van der Waals surface area contributed by atoms with E-state index in [1.807, 2.05) is 48.7 Å². The number of hydrogen-bond acceptors (Lipinski definition) is 5. The zero-order valence-electron chi connectivity index (χ0n) is 15.8. The lowest BCUT2D eigenvalue weighted by atomic mass is 10.2. The van der Waals surface area contributed by atoms with Crippen molar-refractivity contribution >= 4 is 17.2 Å². The predicted molar refractivity (Wildman–Crippen MR) is 113 cm³/mol. The van der Waals surface area contributed by atoms with Crippen molar-refractivity contribution in [1.82, 2.24) is 20.3 Å². The molecular formula is C22H20N4O2S. The number of thiazole rings is 1. The van der Waals surface area contributed by atoms with Crippen molar-refractivity contribution < 1.29 is 9.53 Å². The lowest BCUT2D eigenvalue weighted by molar-refractivity contribution is 0.0938. The van der Waals surface area contributed by atoms with Gasteiger partial charge in [0, 0.05) is 10.9 Å². The highest BCUT2D eigenvalue weighted by atomic mass is 32.1. The summed E-state index contributed by atoms with van der Waals surface area (Å²) >= 11 is 1.52. The highest BCUT2D eigenvalue weighted by Gasteiger charge is 2.15. The average molecular weight is 404 g/mol. The van der Waals surface area contributed by atoms with Crippen LogP contribution in [-0.2, 0) is 6.61 Å². The Morgan fingerprint density at radius 3 is 2.83 bits per heavy atom. The van der Waals surface area contributed by atoms with Crippen LogP contribution in [0.2, 0.25) is 0 Å². The van der Waals surface area contributed by atoms with E-state index in [1.54, 1.807) is 29.9 Å². The molecule has 0 bridgehead atoms. The number of nitrogens with one attached hydrogen (secondary N) is 2. The highest BCUT2D eigenvalue weighted by molar-refractivity contribution is 7.07. The van der Waals surface area contributed by atoms with Crippen LogP contribution < -0.4 is 10.1 Å². The van der Waals surface area contributed by atoms with Crippen molar-refractivity contribution in [3.63, 3.8) is 0 Å². The maximum absolute atomic E-state index is 12.7. The lowest BCUT2D eigenvalue weighted by Crippen LogP contribution is -2.27. The summed E-state index contributed by atoms with van der Waals surface area (Å²) in [4.78, 5) is 24.6. The van der Waals surface area contributed by atoms with Crippen LogP contribution in [0, 0.1) is 0 Å². The molecular weight excluding hydrogens is 384 g/mol. The molecule has 146 valence electrons. The molecule has 0 saturated carbocycles. The monoisotopic (exact) mass is 404 g/mol. The number of H-pyrrole nitrogens is 1. The van der Waals surface area contributed by atoms with E-state index in [1.165, 1.54) is 11.3 Å². The first kappa shape index (κ1) is 18.9. The van der Waals surface area contributed by atoms with E-state index in [2.05, 4.69) is 20.3 Å². The molecule has 2 heterocycles. The third-order valence-electron chi connectivity index (χ3n) is 4.40. The molecule has 29 heavy (non-hydrogen) atoms. The van der Waals surface area contributed by atoms with Gasteiger partial charge in [0.1, 0.15) is 18.2 Å². The molecule has 0 spiro atoms. The van der Waals surface area contributed by atoms with Crippen LogP contribution in [0.4, 0.5) is 0 Å². The number of benzene rings is 2. The number of hydrogen-bond donors (Lipinski definition) is 2. The van der Waals surface area contributed by atoms with E-state index in [0.29, 0.717) is 23.7 Å². The summed E-state index contributed by atoms with van der Waals surface area (Å²) in [5.41, 5.74) is 5.13. The molecule has 0 aliphatic rings. The van der Waals surface area contributed by atoms with Crippen molar-refractivity contribution in [3.05, 3.63) is 88.8 Å². The van der Waals surface area contributed by atoms with Gasteiger partial charge in [0.2, 0.25) is 0 Å². The minimum atomic E-state index is -0.264. The largest absolute Gasteiger partial charge is 0.487 e. The minimum absolute atomic E-state index is 0.186. The van der Waals surface area contributed by atoms with E-state index in [0.717, 1.165) is 17.0 Å². The third-order valence-corrected chi connectivity index (χ3v) is 5.04. The predicted octanol–water partition coefficient (Wildman–Crippen LogP) is 4.60. The second kappa shape index (κ2) is 8.70. The van der Waals surface area contributed by atoms with Crippen LogP contribution in [-0.4, -0.2) is 20.9 Å². The van der Waals surface area contributed by atoms with E-state index in [4.69, 9.17) is 4.74 Å². The number of imidazole rings is 1. The van der Waals surface area contributed by atoms with Crippen LogP contribution >= 0.6 is 11.3 Å². The van der Waals surface area contributed by atoms with Crippen LogP contribution in [0.3, 0.4) is 0 Å². The van der Waals surface area contributed by atoms with Crippen LogP contribution in [0.25, 0.3) is 11.3 Å². The molecule has 0 aliphatic carbocycles. The van der Waals surface area contributed by atoms with Gasteiger partial charge in [-0.1, -0.05) is 36.4 Å². The first-order valence-corrected chi connectivity index (χ1v) is 10.1. The Bertz CT molecular complexity index is 1080. The number of aromatic nitrogens is 3. The fraction of sp³-hybridized carbons (Fsp3) is 0.136. The number of carbonyl (C=O) groups is 1. The molecule has 0 radical (unpaired) electrons. The van der Waals surface area contributed by atoms with E-state index in [-0.39, 0.29) is 11.9 Å². The Hall–Kier alpha value is -3.45. The number of carbonyl (C=O) groups excluding carboxylic acids is 1. The van der Waals surface area contributed by atoms with E-state index >= 15 is 0 Å². The van der Waals surface area contributed by atoms with Gasteiger partial charge in [-0.05, 0) is 30.7 Å². The smallest absolute Gasteiger partial charge is 0.251 e. The quantitative estimate of drug-likeness (QED) is 0.472. The van der Waals surface area contributed by atoms with Gasteiger partial charge in [-0.25, -0.2) is 9.97 Å². The minimum Gasteiger partial charge on any atom is -0.487 e. The molecule has 4 rings (SSSR count). The number of ether oxygens (including phenoxy) is 1. The van der Waals surface area contributed by atoms with Gasteiger partial charge in [-0.2, -0.15) is 0 Å². The Labute approximate surface area is 172 Å². The summed E-state index contributed by atoms with van der Waals surface area (Å²) in [6.07, 6.45) is 1.78. The van der Waals surface area contributed by atoms with Gasteiger partial charge < -0.3 is 15.0 Å². The number of aromatic amines is 1. The van der Waals surface area contributed by atoms with E-state index < -0.39 is 0 Å². The SMILES string of the molecule is CC(NC(=O)c1cccc(OCc2cscn2)c1)c1ncc(-c2ccccc2)[nH]1. The summed E-state index contributed by atoms with van der Waals surface area (Å²) in [7, 11) is 0. The molecule has 2 N–H and O–H groups in total. The van der Waals surface area contributed by atoms with Gasteiger partial charge >= 0.3 is 0 Å². The van der Waals surface area contributed by atoms with Crippen molar-refractivity contribution in [2.75, 3.05) is 0 Å². The van der Waals surface area contributed by atoms with Crippen molar-refractivity contribution in [3.8, 4) is 17.0 Å². The molecule has 7 heteroatoms. The summed E-state index contributed by atoms with van der Waals surface area (Å²) in [6, 6.07) is 16.8. The molecule has 1 atom stereocenters. The summed E-state index contributed by atoms with van der Waals surface area (Å²) in [6.45, 7) is 2.27. The third kappa shape index (κ3) is 4.70. The standard InChI is InChI=1S/C22H20N4O2S/c1-15(21-23-11-20(26-21)16-6-3-2-4-7-16)25-22(27)17-8-5-9-19(10-17)28-12-18-13-29-14-24-18/h2-11,13-15H,12H2,1H3,(H,23,26)(H,25,27). The summed E-state index contributed by atoms with van der Waals surface area (Å²) < 4.78 is 5.73. The van der Waals surface area contributed by atoms with Gasteiger partial charge in [-0.15, -0.1) is 11.3 Å².